The van der Waals surface area contributed by atoms with Crippen molar-refractivity contribution in [3.8, 4) is 0 Å². The van der Waals surface area contributed by atoms with Gasteiger partial charge in [0.1, 0.15) is 6.26 Å². The number of rotatable bonds is 8. The quantitative estimate of drug-likeness (QED) is 0.487. The molecule has 2 heterocycles. The summed E-state index contributed by atoms with van der Waals surface area (Å²) in [5.74, 6) is 0.284. The first-order valence-corrected chi connectivity index (χ1v) is 11.4. The number of nitrogens with one attached hydrogen (secondary N) is 2. The molecule has 11 heteroatoms. The fourth-order valence-corrected chi connectivity index (χ4v) is 4.60. The minimum atomic E-state index is -0.938. The summed E-state index contributed by atoms with van der Waals surface area (Å²) < 4.78 is 20.1. The molecule has 3 rings (SSSR count). The second-order valence-corrected chi connectivity index (χ2v) is 9.01. The molecule has 2 aromatic rings. The van der Waals surface area contributed by atoms with E-state index in [0.717, 1.165) is 49.3 Å². The number of piperazine rings is 1. The smallest absolute Gasteiger partial charge is 0.292 e. The Hall–Kier alpha value is -1.95. The molecule has 0 bridgehead atoms. The maximum atomic E-state index is 12.4. The van der Waals surface area contributed by atoms with Gasteiger partial charge in [-0.05, 0) is 54.1 Å². The molecule has 4 N–H and O–H groups in total. The lowest BCUT2D eigenvalue weighted by Crippen LogP contribution is -2.47. The number of hydrogen-bond donors (Lipinski definition) is 3. The van der Waals surface area contributed by atoms with E-state index in [1.807, 2.05) is 29.6 Å². The van der Waals surface area contributed by atoms with Crippen molar-refractivity contribution in [2.75, 3.05) is 61.5 Å². The largest absolute Gasteiger partial charge is 0.431 e. The number of nitrogens with two attached hydrogens (primary N) is 1. The number of aromatic nitrogens is 1. The Kier molecular flexibility index (Phi) is 7.64. The predicted molar refractivity (Wildman–Crippen MR) is 118 cm³/mol. The third kappa shape index (κ3) is 5.78. The number of nitrogen functional groups attached to an aromatic ring is 1. The number of nitrogens with zero attached hydrogens (tertiary/aromatic N) is 3. The average Bonchev–Trinajstić information content (AvgIpc) is 3.16. The van der Waals surface area contributed by atoms with Crippen LogP contribution in [0.25, 0.3) is 0 Å². The maximum Gasteiger partial charge on any atom is 0.292 e. The first kappa shape index (κ1) is 21.8. The van der Waals surface area contributed by atoms with Gasteiger partial charge in [-0.15, -0.1) is 0 Å². The van der Waals surface area contributed by atoms with Gasteiger partial charge in [0.25, 0.3) is 11.9 Å². The molecule has 0 aliphatic carbocycles. The Morgan fingerprint density at radius 1 is 1.34 bits per heavy atom. The van der Waals surface area contributed by atoms with Gasteiger partial charge in [-0.2, -0.15) is 4.98 Å². The molecule has 1 aliphatic rings. The van der Waals surface area contributed by atoms with Gasteiger partial charge in [0.2, 0.25) is 0 Å². The summed E-state index contributed by atoms with van der Waals surface area (Å²) in [6, 6.07) is 5.74. The van der Waals surface area contributed by atoms with Crippen molar-refractivity contribution in [3.05, 3.63) is 34.6 Å². The van der Waals surface area contributed by atoms with Gasteiger partial charge in [-0.1, -0.05) is 0 Å². The van der Waals surface area contributed by atoms with Gasteiger partial charge in [0.15, 0.2) is 5.69 Å². The van der Waals surface area contributed by atoms with Gasteiger partial charge in [0.05, 0.1) is 16.7 Å². The van der Waals surface area contributed by atoms with Gasteiger partial charge in [-0.3, -0.25) is 4.79 Å². The second kappa shape index (κ2) is 10.2. The summed E-state index contributed by atoms with van der Waals surface area (Å²) in [4.78, 5) is 18.4. The number of halogens is 1. The van der Waals surface area contributed by atoms with E-state index in [1.165, 1.54) is 6.26 Å². The molecule has 0 spiro atoms. The minimum absolute atomic E-state index is 0.0517. The van der Waals surface area contributed by atoms with Crippen molar-refractivity contribution in [2.45, 2.75) is 6.42 Å². The van der Waals surface area contributed by atoms with Crippen molar-refractivity contribution in [3.63, 3.8) is 0 Å². The molecule has 1 saturated heterocycles. The molecule has 1 amide bonds. The van der Waals surface area contributed by atoms with E-state index in [9.17, 15) is 9.00 Å². The molecule has 29 heavy (non-hydrogen) atoms. The highest BCUT2D eigenvalue weighted by Gasteiger charge is 2.22. The van der Waals surface area contributed by atoms with Gasteiger partial charge >= 0.3 is 0 Å². The van der Waals surface area contributed by atoms with E-state index >= 15 is 0 Å². The van der Waals surface area contributed by atoms with Crippen molar-refractivity contribution < 1.29 is 13.4 Å². The van der Waals surface area contributed by atoms with Crippen LogP contribution in [0.4, 0.5) is 17.4 Å². The van der Waals surface area contributed by atoms with Crippen LogP contribution in [0.3, 0.4) is 0 Å². The number of benzene rings is 1. The van der Waals surface area contributed by atoms with Gasteiger partial charge < -0.3 is 25.7 Å². The van der Waals surface area contributed by atoms with Gasteiger partial charge in [-0.25, -0.2) is 8.51 Å². The van der Waals surface area contributed by atoms with Crippen molar-refractivity contribution in [1.82, 2.24) is 14.6 Å². The highest BCUT2D eigenvalue weighted by Crippen LogP contribution is 2.29. The van der Waals surface area contributed by atoms with Crippen LogP contribution in [0.15, 0.2) is 33.4 Å². The Bertz CT molecular complexity index is 869. The zero-order valence-electron chi connectivity index (χ0n) is 16.2. The summed E-state index contributed by atoms with van der Waals surface area (Å²) in [6.45, 7) is 3.89. The number of hydrogen-bond acceptors (Lipinski definition) is 7. The minimum Gasteiger partial charge on any atom is -0.431 e. The van der Waals surface area contributed by atoms with Crippen LogP contribution in [-0.4, -0.2) is 64.9 Å². The van der Waals surface area contributed by atoms with E-state index in [2.05, 4.69) is 36.4 Å². The van der Waals surface area contributed by atoms with Crippen LogP contribution in [0, 0.1) is 0 Å². The Labute approximate surface area is 180 Å². The normalized spacial score (nSPS) is 16.0. The van der Waals surface area contributed by atoms with Crippen LogP contribution in [-0.2, 0) is 11.0 Å². The van der Waals surface area contributed by atoms with E-state index in [4.69, 9.17) is 10.2 Å². The van der Waals surface area contributed by atoms with Gasteiger partial charge in [0, 0.05) is 42.1 Å². The van der Waals surface area contributed by atoms with E-state index in [0.29, 0.717) is 11.4 Å². The number of oxazole rings is 1. The van der Waals surface area contributed by atoms with Crippen molar-refractivity contribution in [1.29, 1.82) is 0 Å². The number of carbonyl (C=O) groups excluding carboxylic acids is 1. The van der Waals surface area contributed by atoms with Crippen LogP contribution < -0.4 is 21.3 Å². The summed E-state index contributed by atoms with van der Waals surface area (Å²) >= 11 is 3.46. The molecule has 1 unspecified atom stereocenters. The number of carbonyl (C=O) groups is 1. The molecule has 0 saturated carbocycles. The third-order valence-electron chi connectivity index (χ3n) is 4.59. The highest BCUT2D eigenvalue weighted by atomic mass is 79.9. The summed E-state index contributed by atoms with van der Waals surface area (Å²) in [5, 5.41) is 5.90. The second-order valence-electron chi connectivity index (χ2n) is 6.59. The highest BCUT2D eigenvalue weighted by molar-refractivity contribution is 9.10. The Morgan fingerprint density at radius 2 is 2.10 bits per heavy atom. The lowest BCUT2D eigenvalue weighted by molar-refractivity contribution is 0.102. The van der Waals surface area contributed by atoms with Crippen molar-refractivity contribution in [2.24, 2.45) is 0 Å². The monoisotopic (exact) mass is 484 g/mol. The number of amides is 1. The summed E-state index contributed by atoms with van der Waals surface area (Å²) in [7, 11) is 0.962. The zero-order valence-corrected chi connectivity index (χ0v) is 18.6. The van der Waals surface area contributed by atoms with Crippen molar-refractivity contribution >= 4 is 50.2 Å². The standard InChI is InChI=1S/C18H25BrN6O3S/c1-21-5-2-10-29(27)25-8-6-24(7-9-25)13-3-4-14(19)15(11-13)22-17(26)16-12-28-18(20)23-16/h3-4,11-12,21H,2,5-10H2,1H3,(H2,20,23)(H,22,26). The molecule has 0 radical (unpaired) electrons. The topological polar surface area (TPSA) is 117 Å². The van der Waals surface area contributed by atoms with Crippen LogP contribution in [0.2, 0.25) is 0 Å². The molecule has 1 aromatic heterocycles. The fourth-order valence-electron chi connectivity index (χ4n) is 3.04. The summed E-state index contributed by atoms with van der Waals surface area (Å²) in [5.41, 5.74) is 7.17. The SMILES string of the molecule is CNCCCS(=O)N1CCN(c2ccc(Br)c(NC(=O)c3coc(N)n3)c2)CC1. The lowest BCUT2D eigenvalue weighted by atomic mass is 10.2. The Balaban J connectivity index is 1.60. The first-order chi connectivity index (χ1) is 14.0. The van der Waals surface area contributed by atoms with E-state index < -0.39 is 16.9 Å². The predicted octanol–water partition coefficient (Wildman–Crippen LogP) is 1.67. The molecule has 1 fully saturated rings. The Morgan fingerprint density at radius 3 is 2.76 bits per heavy atom. The third-order valence-corrected chi connectivity index (χ3v) is 6.86. The maximum absolute atomic E-state index is 12.4. The lowest BCUT2D eigenvalue weighted by Gasteiger charge is -2.35. The molecular formula is C18H25BrN6O3S. The molecular weight excluding hydrogens is 460 g/mol. The fraction of sp³-hybridized carbons (Fsp3) is 0.444. The zero-order chi connectivity index (χ0) is 20.8. The molecule has 1 aliphatic heterocycles. The average molecular weight is 485 g/mol. The van der Waals surface area contributed by atoms with Crippen LogP contribution >= 0.6 is 15.9 Å². The molecule has 1 atom stereocenters. The molecule has 1 aromatic carbocycles. The van der Waals surface area contributed by atoms with E-state index in [-0.39, 0.29) is 11.7 Å². The summed E-state index contributed by atoms with van der Waals surface area (Å²) in [6.07, 6.45) is 2.12. The van der Waals surface area contributed by atoms with Crippen LogP contribution in [0.1, 0.15) is 16.9 Å². The van der Waals surface area contributed by atoms with E-state index in [1.54, 1.807) is 0 Å². The van der Waals surface area contributed by atoms with Crippen LogP contribution in [0.5, 0.6) is 0 Å². The number of anilines is 3. The molecule has 158 valence electrons. The first-order valence-electron chi connectivity index (χ1n) is 9.33. The molecule has 9 nitrogen and oxygen atoms in total.